The van der Waals surface area contributed by atoms with Crippen molar-refractivity contribution in [2.75, 3.05) is 19.6 Å². The summed E-state index contributed by atoms with van der Waals surface area (Å²) in [5, 5.41) is 4.29. The van der Waals surface area contributed by atoms with Crippen LogP contribution in [0.1, 0.15) is 12.5 Å². The lowest BCUT2D eigenvalue weighted by Gasteiger charge is -2.31. The first-order valence-electron chi connectivity index (χ1n) is 6.71. The SMILES string of the molecule is CC1CN(Cc2cc(F)cc3cccnc23)CCN1.Cl. The molecule has 1 aliphatic heterocycles. The van der Waals surface area contributed by atoms with Gasteiger partial charge >= 0.3 is 0 Å². The predicted octanol–water partition coefficient (Wildman–Crippen LogP) is 2.59. The van der Waals surface area contributed by atoms with Crippen molar-refractivity contribution in [3.8, 4) is 0 Å². The number of nitrogens with zero attached hydrogens (tertiary/aromatic N) is 2. The highest BCUT2D eigenvalue weighted by atomic mass is 35.5. The molecule has 0 aliphatic carbocycles. The molecule has 2 aromatic rings. The third-order valence-corrected chi connectivity index (χ3v) is 3.60. The molecule has 1 N–H and O–H groups in total. The summed E-state index contributed by atoms with van der Waals surface area (Å²) in [7, 11) is 0. The molecule has 1 aliphatic rings. The highest BCUT2D eigenvalue weighted by molar-refractivity contribution is 5.85. The van der Waals surface area contributed by atoms with Gasteiger partial charge in [0.05, 0.1) is 5.52 Å². The van der Waals surface area contributed by atoms with Crippen molar-refractivity contribution >= 4 is 23.3 Å². The van der Waals surface area contributed by atoms with Crippen LogP contribution in [-0.2, 0) is 6.54 Å². The van der Waals surface area contributed by atoms with Gasteiger partial charge in [0.2, 0.25) is 0 Å². The van der Waals surface area contributed by atoms with Gasteiger partial charge in [-0.05, 0) is 30.7 Å². The zero-order valence-corrected chi connectivity index (χ0v) is 12.3. The summed E-state index contributed by atoms with van der Waals surface area (Å²) in [4.78, 5) is 6.75. The van der Waals surface area contributed by atoms with Gasteiger partial charge in [-0.15, -0.1) is 12.4 Å². The highest BCUT2D eigenvalue weighted by Crippen LogP contribution is 2.20. The number of piperazine rings is 1. The molecule has 1 aromatic carbocycles. The summed E-state index contributed by atoms with van der Waals surface area (Å²) in [6.07, 6.45) is 1.77. The Labute approximate surface area is 124 Å². The van der Waals surface area contributed by atoms with Gasteiger partial charge in [0, 0.05) is 43.8 Å². The average Bonchev–Trinajstić information content (AvgIpc) is 2.38. The van der Waals surface area contributed by atoms with Crippen molar-refractivity contribution in [3.63, 3.8) is 0 Å². The number of benzene rings is 1. The van der Waals surface area contributed by atoms with E-state index < -0.39 is 0 Å². The number of rotatable bonds is 2. The van der Waals surface area contributed by atoms with Crippen LogP contribution < -0.4 is 5.32 Å². The monoisotopic (exact) mass is 295 g/mol. The Morgan fingerprint density at radius 1 is 1.45 bits per heavy atom. The Morgan fingerprint density at radius 3 is 3.10 bits per heavy atom. The minimum absolute atomic E-state index is 0. The molecule has 3 rings (SSSR count). The van der Waals surface area contributed by atoms with Crippen LogP contribution in [0.15, 0.2) is 30.5 Å². The molecule has 1 atom stereocenters. The normalized spacial score (nSPS) is 19.8. The molecule has 2 heterocycles. The predicted molar refractivity (Wildman–Crippen MR) is 81.7 cm³/mol. The fourth-order valence-electron chi connectivity index (χ4n) is 2.74. The molecule has 0 bridgehead atoms. The number of fused-ring (bicyclic) bond motifs is 1. The summed E-state index contributed by atoms with van der Waals surface area (Å²) < 4.78 is 13.7. The Morgan fingerprint density at radius 2 is 2.30 bits per heavy atom. The molecular formula is C15H19ClFN3. The summed E-state index contributed by atoms with van der Waals surface area (Å²) in [5.74, 6) is -0.182. The molecule has 0 spiro atoms. The number of nitrogens with one attached hydrogen (secondary N) is 1. The van der Waals surface area contributed by atoms with Crippen LogP contribution in [0, 0.1) is 5.82 Å². The Kier molecular flexibility index (Phi) is 4.91. The third-order valence-electron chi connectivity index (χ3n) is 3.60. The molecule has 3 nitrogen and oxygen atoms in total. The van der Waals surface area contributed by atoms with Crippen LogP contribution in [0.4, 0.5) is 4.39 Å². The summed E-state index contributed by atoms with van der Waals surface area (Å²) in [6, 6.07) is 7.41. The second kappa shape index (κ2) is 6.48. The third kappa shape index (κ3) is 3.26. The summed E-state index contributed by atoms with van der Waals surface area (Å²) in [5.41, 5.74) is 1.89. The van der Waals surface area contributed by atoms with E-state index in [4.69, 9.17) is 0 Å². The van der Waals surface area contributed by atoms with Gasteiger partial charge in [-0.25, -0.2) is 4.39 Å². The van der Waals surface area contributed by atoms with Gasteiger partial charge in [-0.2, -0.15) is 0 Å². The summed E-state index contributed by atoms with van der Waals surface area (Å²) >= 11 is 0. The zero-order valence-electron chi connectivity index (χ0n) is 11.5. The molecule has 0 amide bonds. The number of halogens is 2. The fraction of sp³-hybridized carbons (Fsp3) is 0.400. The molecule has 1 unspecified atom stereocenters. The van der Waals surface area contributed by atoms with Gasteiger partial charge in [-0.1, -0.05) is 6.07 Å². The molecule has 0 radical (unpaired) electrons. The lowest BCUT2D eigenvalue weighted by Crippen LogP contribution is -2.48. The number of hydrogen-bond acceptors (Lipinski definition) is 3. The molecule has 1 fully saturated rings. The van der Waals surface area contributed by atoms with E-state index in [1.165, 1.54) is 0 Å². The van der Waals surface area contributed by atoms with Crippen LogP contribution >= 0.6 is 12.4 Å². The second-order valence-corrected chi connectivity index (χ2v) is 5.23. The standard InChI is InChI=1S/C15H18FN3.ClH/c1-11-9-19(6-5-17-11)10-13-8-14(16)7-12-3-2-4-18-15(12)13;/h2-4,7-8,11,17H,5-6,9-10H2,1H3;1H. The molecule has 1 saturated heterocycles. The van der Waals surface area contributed by atoms with Gasteiger partial charge in [-0.3, -0.25) is 9.88 Å². The first-order valence-corrected chi connectivity index (χ1v) is 6.71. The van der Waals surface area contributed by atoms with Crippen molar-refractivity contribution in [1.82, 2.24) is 15.2 Å². The highest BCUT2D eigenvalue weighted by Gasteiger charge is 2.17. The average molecular weight is 296 g/mol. The lowest BCUT2D eigenvalue weighted by atomic mass is 10.1. The van der Waals surface area contributed by atoms with E-state index in [2.05, 4.69) is 22.1 Å². The largest absolute Gasteiger partial charge is 0.312 e. The maximum absolute atomic E-state index is 13.7. The van der Waals surface area contributed by atoms with Crippen LogP contribution in [0.5, 0.6) is 0 Å². The van der Waals surface area contributed by atoms with Gasteiger partial charge < -0.3 is 5.32 Å². The van der Waals surface area contributed by atoms with Crippen molar-refractivity contribution in [2.24, 2.45) is 0 Å². The van der Waals surface area contributed by atoms with E-state index in [0.717, 1.165) is 42.6 Å². The molecule has 20 heavy (non-hydrogen) atoms. The van der Waals surface area contributed by atoms with E-state index in [-0.39, 0.29) is 18.2 Å². The molecular weight excluding hydrogens is 277 g/mol. The van der Waals surface area contributed by atoms with Crippen LogP contribution in [0.3, 0.4) is 0 Å². The Hall–Kier alpha value is -1.23. The number of pyridine rings is 1. The minimum Gasteiger partial charge on any atom is -0.312 e. The van der Waals surface area contributed by atoms with E-state index in [9.17, 15) is 4.39 Å². The molecule has 5 heteroatoms. The Bertz CT molecular complexity index is 590. The quantitative estimate of drug-likeness (QED) is 0.923. The van der Waals surface area contributed by atoms with Crippen molar-refractivity contribution in [1.29, 1.82) is 0 Å². The van der Waals surface area contributed by atoms with Crippen molar-refractivity contribution in [2.45, 2.75) is 19.5 Å². The number of aromatic nitrogens is 1. The van der Waals surface area contributed by atoms with Crippen molar-refractivity contribution < 1.29 is 4.39 Å². The first-order chi connectivity index (χ1) is 9.22. The molecule has 0 saturated carbocycles. The first kappa shape index (κ1) is 15.2. The second-order valence-electron chi connectivity index (χ2n) is 5.23. The Balaban J connectivity index is 0.00000147. The van der Waals surface area contributed by atoms with Gasteiger partial charge in [0.1, 0.15) is 5.82 Å². The maximum Gasteiger partial charge on any atom is 0.124 e. The van der Waals surface area contributed by atoms with Crippen LogP contribution in [0.2, 0.25) is 0 Å². The van der Waals surface area contributed by atoms with Crippen LogP contribution in [0.25, 0.3) is 10.9 Å². The van der Waals surface area contributed by atoms with E-state index in [1.54, 1.807) is 18.3 Å². The van der Waals surface area contributed by atoms with E-state index >= 15 is 0 Å². The van der Waals surface area contributed by atoms with Gasteiger partial charge in [0.15, 0.2) is 0 Å². The smallest absolute Gasteiger partial charge is 0.124 e. The minimum atomic E-state index is -0.182. The number of hydrogen-bond donors (Lipinski definition) is 1. The fourth-order valence-corrected chi connectivity index (χ4v) is 2.74. The zero-order chi connectivity index (χ0) is 13.2. The topological polar surface area (TPSA) is 28.2 Å². The van der Waals surface area contributed by atoms with E-state index in [1.807, 2.05) is 12.1 Å². The van der Waals surface area contributed by atoms with E-state index in [0.29, 0.717) is 6.04 Å². The lowest BCUT2D eigenvalue weighted by molar-refractivity contribution is 0.200. The molecule has 108 valence electrons. The summed E-state index contributed by atoms with van der Waals surface area (Å²) in [6.45, 7) is 5.91. The van der Waals surface area contributed by atoms with Crippen LogP contribution in [-0.4, -0.2) is 35.6 Å². The maximum atomic E-state index is 13.7. The van der Waals surface area contributed by atoms with Crippen molar-refractivity contribution in [3.05, 3.63) is 41.8 Å². The molecule has 1 aromatic heterocycles. The van der Waals surface area contributed by atoms with Gasteiger partial charge in [0.25, 0.3) is 0 Å².